The molecule has 0 fully saturated rings. The van der Waals surface area contributed by atoms with E-state index < -0.39 is 23.4 Å². The number of aromatic nitrogens is 2. The first-order chi connectivity index (χ1) is 20.2. The van der Waals surface area contributed by atoms with E-state index in [1.165, 1.54) is 0 Å². The number of hydrogen-bond acceptors (Lipinski definition) is 8. The van der Waals surface area contributed by atoms with Gasteiger partial charge >= 0.3 is 12.2 Å². The van der Waals surface area contributed by atoms with Crippen molar-refractivity contribution in [3.8, 4) is 11.5 Å². The van der Waals surface area contributed by atoms with Gasteiger partial charge in [-0.25, -0.2) is 9.59 Å². The molecule has 1 aliphatic heterocycles. The van der Waals surface area contributed by atoms with Crippen LogP contribution < -0.4 is 15.1 Å². The number of rotatable bonds is 6. The van der Waals surface area contributed by atoms with E-state index in [9.17, 15) is 14.4 Å². The number of nitrogens with zero attached hydrogens (tertiary/aromatic N) is 4. The summed E-state index contributed by atoms with van der Waals surface area (Å²) in [5.74, 6) is 0.591. The number of anilines is 2. The van der Waals surface area contributed by atoms with Gasteiger partial charge in [-0.05, 0) is 90.8 Å². The summed E-state index contributed by atoms with van der Waals surface area (Å²) in [7, 11) is 0. The number of alkyl carbamates (subject to hydrolysis) is 1. The Bertz CT molecular complexity index is 1450. The van der Waals surface area contributed by atoms with Crippen molar-refractivity contribution in [2.75, 3.05) is 9.80 Å². The van der Waals surface area contributed by atoms with E-state index in [0.29, 0.717) is 29.9 Å². The van der Waals surface area contributed by atoms with Crippen LogP contribution in [0, 0.1) is 0 Å². The molecule has 3 amide bonds. The average Bonchev–Trinajstić information content (AvgIpc) is 3.39. The first kappa shape index (κ1) is 31.5. The number of benzene rings is 2. The molecule has 2 aromatic carbocycles. The fourth-order valence-electron chi connectivity index (χ4n) is 4.97. The van der Waals surface area contributed by atoms with Crippen LogP contribution in [-0.4, -0.2) is 45.5 Å². The summed E-state index contributed by atoms with van der Waals surface area (Å²) >= 11 is 0. The van der Waals surface area contributed by atoms with Crippen molar-refractivity contribution in [3.05, 3.63) is 59.9 Å². The Morgan fingerprint density at radius 1 is 1.00 bits per heavy atom. The van der Waals surface area contributed by atoms with Gasteiger partial charge in [0.2, 0.25) is 5.91 Å². The lowest BCUT2D eigenvalue weighted by Gasteiger charge is -2.43. The molecule has 0 saturated heterocycles. The second-order valence-electron chi connectivity index (χ2n) is 12.5. The highest BCUT2D eigenvalue weighted by Gasteiger charge is 2.39. The summed E-state index contributed by atoms with van der Waals surface area (Å²) in [6, 6.07) is 14.4. The van der Waals surface area contributed by atoms with Gasteiger partial charge in [0.15, 0.2) is 5.82 Å². The Morgan fingerprint density at radius 2 is 1.65 bits per heavy atom. The van der Waals surface area contributed by atoms with Crippen molar-refractivity contribution in [3.63, 3.8) is 0 Å². The monoisotopic (exact) mass is 591 g/mol. The number of ether oxygens (including phenoxy) is 2. The molecule has 1 N–H and O–H groups in total. The molecule has 2 atom stereocenters. The highest BCUT2D eigenvalue weighted by molar-refractivity contribution is 5.96. The molecule has 2 heterocycles. The van der Waals surface area contributed by atoms with Crippen LogP contribution in [-0.2, 0) is 20.8 Å². The van der Waals surface area contributed by atoms with Crippen molar-refractivity contribution in [2.45, 2.75) is 98.1 Å². The molecule has 0 saturated carbocycles. The molecule has 3 aromatic rings. The van der Waals surface area contributed by atoms with Gasteiger partial charge in [-0.1, -0.05) is 30.3 Å². The van der Waals surface area contributed by atoms with Crippen LogP contribution in [0.15, 0.2) is 53.1 Å². The van der Waals surface area contributed by atoms with Crippen LogP contribution in [0.2, 0.25) is 0 Å². The summed E-state index contributed by atoms with van der Waals surface area (Å²) in [6.07, 6.45) is -0.154. The highest BCUT2D eigenvalue weighted by atomic mass is 16.6. The molecule has 1 aromatic heterocycles. The van der Waals surface area contributed by atoms with E-state index in [0.717, 1.165) is 11.3 Å². The second kappa shape index (κ2) is 12.4. The van der Waals surface area contributed by atoms with Crippen molar-refractivity contribution >= 4 is 29.5 Å². The molecule has 11 nitrogen and oxygen atoms in total. The summed E-state index contributed by atoms with van der Waals surface area (Å²) < 4.78 is 16.5. The Labute approximate surface area is 252 Å². The molecule has 0 radical (unpaired) electrons. The van der Waals surface area contributed by atoms with Crippen LogP contribution in [0.3, 0.4) is 0 Å². The Kier molecular flexibility index (Phi) is 9.12. The zero-order valence-corrected chi connectivity index (χ0v) is 26.1. The normalized spacial score (nSPS) is 16.7. The van der Waals surface area contributed by atoms with Crippen LogP contribution in [0.5, 0.6) is 0 Å². The number of hydrogen-bond donors (Lipinski definition) is 1. The largest absolute Gasteiger partial charge is 0.444 e. The minimum atomic E-state index is -0.715. The number of para-hydroxylation sites is 1. The molecule has 4 rings (SSSR count). The van der Waals surface area contributed by atoms with Gasteiger partial charge in [0.25, 0.3) is 5.89 Å². The second-order valence-corrected chi connectivity index (χ2v) is 12.5. The number of fused-ring (bicyclic) bond motifs is 1. The summed E-state index contributed by atoms with van der Waals surface area (Å²) in [5, 5.41) is 6.56. The predicted molar refractivity (Wildman–Crippen MR) is 163 cm³/mol. The Hall–Kier alpha value is -4.41. The Balaban J connectivity index is 1.62. The van der Waals surface area contributed by atoms with Crippen molar-refractivity contribution in [1.82, 2.24) is 15.5 Å². The number of amides is 3. The molecular formula is C32H41N5O6. The molecule has 0 bridgehead atoms. The smallest absolute Gasteiger partial charge is 0.415 e. The molecule has 1 aliphatic rings. The van der Waals surface area contributed by atoms with Gasteiger partial charge in [0, 0.05) is 29.4 Å². The van der Waals surface area contributed by atoms with E-state index in [2.05, 4.69) is 15.5 Å². The molecular weight excluding hydrogens is 550 g/mol. The van der Waals surface area contributed by atoms with E-state index in [-0.39, 0.29) is 30.4 Å². The third-order valence-electron chi connectivity index (χ3n) is 6.68. The van der Waals surface area contributed by atoms with E-state index in [4.69, 9.17) is 14.0 Å². The van der Waals surface area contributed by atoms with Gasteiger partial charge in [-0.3, -0.25) is 9.69 Å². The maximum absolute atomic E-state index is 13.8. The first-order valence-corrected chi connectivity index (χ1v) is 14.5. The summed E-state index contributed by atoms with van der Waals surface area (Å²) in [4.78, 5) is 46.5. The fourth-order valence-corrected chi connectivity index (χ4v) is 4.97. The van der Waals surface area contributed by atoms with E-state index >= 15 is 0 Å². The minimum absolute atomic E-state index is 0.0341. The van der Waals surface area contributed by atoms with Crippen molar-refractivity contribution in [2.24, 2.45) is 0 Å². The van der Waals surface area contributed by atoms with Gasteiger partial charge < -0.3 is 24.2 Å². The predicted octanol–water partition coefficient (Wildman–Crippen LogP) is 6.78. The minimum Gasteiger partial charge on any atom is -0.444 e. The molecule has 0 spiro atoms. The quantitative estimate of drug-likeness (QED) is 0.332. The van der Waals surface area contributed by atoms with Crippen molar-refractivity contribution < 1.29 is 28.4 Å². The van der Waals surface area contributed by atoms with Gasteiger partial charge in [0.05, 0.1) is 12.6 Å². The third kappa shape index (κ3) is 7.71. The standard InChI is InChI=1S/C32H41N5O6/c1-9-27(38)36-20(2)18-25(23-12-10-11-13-24(23)36)37(30(40)42-32(6,7)8)22-16-14-21(15-17-22)28-34-26(35-43-28)19-33-29(39)41-31(3,4)5/h10-17,20,25H,9,18-19H2,1-8H3,(H,33,39)/t20-,25+/m0/s1. The lowest BCUT2D eigenvalue weighted by atomic mass is 9.90. The number of carbonyl (C=O) groups excluding carboxylic acids is 3. The van der Waals surface area contributed by atoms with Gasteiger partial charge in [-0.2, -0.15) is 4.98 Å². The molecule has 0 aliphatic carbocycles. The highest BCUT2D eigenvalue weighted by Crippen LogP contribution is 2.43. The van der Waals surface area contributed by atoms with E-state index in [1.54, 1.807) is 49.9 Å². The van der Waals surface area contributed by atoms with Crippen LogP contribution in [0.25, 0.3) is 11.5 Å². The van der Waals surface area contributed by atoms with Crippen molar-refractivity contribution in [1.29, 1.82) is 0 Å². The van der Waals surface area contributed by atoms with Crippen LogP contribution in [0.4, 0.5) is 21.0 Å². The zero-order valence-electron chi connectivity index (χ0n) is 26.1. The lowest BCUT2D eigenvalue weighted by Crippen LogP contribution is -2.48. The van der Waals surface area contributed by atoms with Crippen LogP contribution >= 0.6 is 0 Å². The average molecular weight is 592 g/mol. The topological polar surface area (TPSA) is 127 Å². The summed E-state index contributed by atoms with van der Waals surface area (Å²) in [6.45, 7) is 14.7. The molecule has 43 heavy (non-hydrogen) atoms. The maximum Gasteiger partial charge on any atom is 0.415 e. The Morgan fingerprint density at radius 3 is 2.28 bits per heavy atom. The SMILES string of the molecule is CCC(=O)N1c2ccccc2[C@H](N(C(=O)OC(C)(C)C)c2ccc(-c3nc(CNC(=O)OC(C)(C)C)no3)cc2)C[C@@H]1C. The lowest BCUT2D eigenvalue weighted by molar-refractivity contribution is -0.118. The number of nitrogens with one attached hydrogen (secondary N) is 1. The van der Waals surface area contributed by atoms with E-state index in [1.807, 2.05) is 63.8 Å². The van der Waals surface area contributed by atoms with Crippen LogP contribution in [0.1, 0.15) is 85.7 Å². The molecule has 230 valence electrons. The zero-order chi connectivity index (χ0) is 31.5. The molecule has 0 unspecified atom stereocenters. The third-order valence-corrected chi connectivity index (χ3v) is 6.68. The summed E-state index contributed by atoms with van der Waals surface area (Å²) in [5.41, 5.74) is 1.59. The van der Waals surface area contributed by atoms with Gasteiger partial charge in [-0.15, -0.1) is 0 Å². The number of carbonyl (C=O) groups is 3. The fraction of sp³-hybridized carbons (Fsp3) is 0.469. The molecule has 11 heteroatoms. The van der Waals surface area contributed by atoms with Gasteiger partial charge in [0.1, 0.15) is 11.2 Å². The maximum atomic E-state index is 13.8. The first-order valence-electron chi connectivity index (χ1n) is 14.5.